The monoisotopic (exact) mass is 135 g/mol. The molecule has 0 bridgehead atoms. The van der Waals surface area contributed by atoms with Crippen molar-refractivity contribution in [3.8, 4) is 12.3 Å². The largest absolute Gasteiger partial charge is 0.295 e. The molecule has 0 saturated carbocycles. The van der Waals surface area contributed by atoms with E-state index >= 15 is 0 Å². The van der Waals surface area contributed by atoms with E-state index in [-0.39, 0.29) is 0 Å². The fourth-order valence-corrected chi connectivity index (χ4v) is 1.15. The maximum absolute atomic E-state index is 5.12. The summed E-state index contributed by atoms with van der Waals surface area (Å²) in [5.74, 6) is 2.63. The molecule has 1 aliphatic heterocycles. The highest BCUT2D eigenvalue weighted by Gasteiger charge is 2.15. The molecule has 0 aliphatic carbocycles. The Kier molecular flexibility index (Phi) is 2.53. The molecule has 1 saturated heterocycles. The molecule has 0 unspecified atom stereocenters. The van der Waals surface area contributed by atoms with Gasteiger partial charge >= 0.3 is 0 Å². The van der Waals surface area contributed by atoms with E-state index in [1.165, 1.54) is 5.57 Å². The second-order valence-electron chi connectivity index (χ2n) is 2.77. The lowest BCUT2D eigenvalue weighted by molar-refractivity contribution is 0.249. The summed E-state index contributed by atoms with van der Waals surface area (Å²) in [6.07, 6.45) is 7.15. The minimum Gasteiger partial charge on any atom is -0.295 e. The molecule has 0 amide bonds. The average Bonchev–Trinajstić information content (AvgIpc) is 1.85. The van der Waals surface area contributed by atoms with Crippen LogP contribution in [0.2, 0.25) is 0 Å². The van der Waals surface area contributed by atoms with Gasteiger partial charge in [-0.15, -0.1) is 12.3 Å². The Morgan fingerprint density at radius 1 is 1.60 bits per heavy atom. The van der Waals surface area contributed by atoms with Crippen LogP contribution >= 0.6 is 0 Å². The van der Waals surface area contributed by atoms with Crippen molar-refractivity contribution >= 4 is 0 Å². The van der Waals surface area contributed by atoms with Crippen LogP contribution in [0.4, 0.5) is 0 Å². The molecule has 1 heterocycles. The number of rotatable bonds is 3. The highest BCUT2D eigenvalue weighted by Crippen LogP contribution is 2.11. The number of hydrogen-bond donors (Lipinski definition) is 0. The molecule has 54 valence electrons. The molecule has 0 N–H and O–H groups in total. The summed E-state index contributed by atoms with van der Waals surface area (Å²) in [7, 11) is 0. The van der Waals surface area contributed by atoms with Gasteiger partial charge in [0.1, 0.15) is 0 Å². The predicted molar refractivity (Wildman–Crippen MR) is 43.6 cm³/mol. The normalized spacial score (nSPS) is 18.1. The van der Waals surface area contributed by atoms with E-state index in [2.05, 4.69) is 17.4 Å². The second kappa shape index (κ2) is 3.43. The van der Waals surface area contributed by atoms with E-state index in [0.717, 1.165) is 32.5 Å². The summed E-state index contributed by atoms with van der Waals surface area (Å²) in [5, 5.41) is 0. The third-order valence-electron chi connectivity index (χ3n) is 1.69. The van der Waals surface area contributed by atoms with Gasteiger partial charge in [-0.05, 0) is 18.5 Å². The van der Waals surface area contributed by atoms with E-state index < -0.39 is 0 Å². The van der Waals surface area contributed by atoms with Crippen molar-refractivity contribution in [2.75, 3.05) is 19.6 Å². The summed E-state index contributed by atoms with van der Waals surface area (Å²) in [6.45, 7) is 7.17. The van der Waals surface area contributed by atoms with Crippen molar-refractivity contribution in [3.63, 3.8) is 0 Å². The molecule has 0 aromatic carbocycles. The number of likely N-dealkylation sites (tertiary alicyclic amines) is 1. The first-order valence-corrected chi connectivity index (χ1v) is 3.65. The van der Waals surface area contributed by atoms with Crippen molar-refractivity contribution in [2.45, 2.75) is 12.8 Å². The van der Waals surface area contributed by atoms with Gasteiger partial charge in [0.25, 0.3) is 0 Å². The van der Waals surface area contributed by atoms with Gasteiger partial charge in [0.15, 0.2) is 0 Å². The lowest BCUT2D eigenvalue weighted by atomic mass is 10.1. The molecule has 1 nitrogen and oxygen atoms in total. The quantitative estimate of drug-likeness (QED) is 0.320. The van der Waals surface area contributed by atoms with Gasteiger partial charge in [0, 0.05) is 19.5 Å². The van der Waals surface area contributed by atoms with Gasteiger partial charge in [-0.25, -0.2) is 0 Å². The first kappa shape index (κ1) is 7.37. The lowest BCUT2D eigenvalue weighted by Crippen LogP contribution is -2.39. The predicted octanol–water partition coefficient (Wildman–Crippen LogP) is 1.27. The van der Waals surface area contributed by atoms with Crippen LogP contribution in [0, 0.1) is 12.3 Å². The molecule has 0 aromatic heterocycles. The van der Waals surface area contributed by atoms with Gasteiger partial charge < -0.3 is 0 Å². The summed E-state index contributed by atoms with van der Waals surface area (Å²) < 4.78 is 0. The van der Waals surface area contributed by atoms with E-state index in [0.29, 0.717) is 0 Å². The Balaban J connectivity index is 1.96. The first-order valence-electron chi connectivity index (χ1n) is 3.65. The van der Waals surface area contributed by atoms with Crippen LogP contribution in [0.1, 0.15) is 12.8 Å². The van der Waals surface area contributed by atoms with Crippen LogP contribution in [0.5, 0.6) is 0 Å². The molecule has 1 rings (SSSR count). The van der Waals surface area contributed by atoms with E-state index in [9.17, 15) is 0 Å². The second-order valence-corrected chi connectivity index (χ2v) is 2.77. The molecule has 0 atom stereocenters. The van der Waals surface area contributed by atoms with Crippen molar-refractivity contribution in [2.24, 2.45) is 0 Å². The molecule has 10 heavy (non-hydrogen) atoms. The Bertz CT molecular complexity index is 156. The number of nitrogens with zero attached hydrogens (tertiary/aromatic N) is 1. The van der Waals surface area contributed by atoms with Gasteiger partial charge in [0.05, 0.1) is 0 Å². The molecular weight excluding hydrogens is 122 g/mol. The topological polar surface area (TPSA) is 3.24 Å². The smallest absolute Gasteiger partial charge is 0.0206 e. The number of terminal acetylenes is 1. The zero-order valence-corrected chi connectivity index (χ0v) is 6.27. The minimum absolute atomic E-state index is 0.906. The fourth-order valence-electron chi connectivity index (χ4n) is 1.15. The highest BCUT2D eigenvalue weighted by molar-refractivity contribution is 5.09. The van der Waals surface area contributed by atoms with Crippen LogP contribution in [0.15, 0.2) is 12.2 Å². The van der Waals surface area contributed by atoms with Crippen molar-refractivity contribution in [1.82, 2.24) is 4.90 Å². The van der Waals surface area contributed by atoms with Gasteiger partial charge in [-0.2, -0.15) is 0 Å². The molecule has 0 aromatic rings. The highest BCUT2D eigenvalue weighted by atomic mass is 15.2. The van der Waals surface area contributed by atoms with Crippen molar-refractivity contribution in [1.29, 1.82) is 0 Å². The average molecular weight is 135 g/mol. The van der Waals surface area contributed by atoms with Crippen LogP contribution in [-0.2, 0) is 0 Å². The summed E-state index contributed by atoms with van der Waals surface area (Å²) in [4.78, 5) is 2.36. The first-order chi connectivity index (χ1) is 4.83. The zero-order valence-electron chi connectivity index (χ0n) is 6.27. The maximum Gasteiger partial charge on any atom is 0.0206 e. The standard InChI is InChI=1S/C9H13N/c1-3-4-5-6-10-7-9(2)8-10/h1H,2,4-8H2. The van der Waals surface area contributed by atoms with E-state index in [1.54, 1.807) is 0 Å². The van der Waals surface area contributed by atoms with Crippen LogP contribution in [0.3, 0.4) is 0 Å². The van der Waals surface area contributed by atoms with E-state index in [1.807, 2.05) is 0 Å². The van der Waals surface area contributed by atoms with Gasteiger partial charge in [-0.3, -0.25) is 4.90 Å². The van der Waals surface area contributed by atoms with Gasteiger partial charge in [-0.1, -0.05) is 6.58 Å². The summed E-state index contributed by atoms with van der Waals surface area (Å²) in [5.41, 5.74) is 1.35. The number of hydrogen-bond acceptors (Lipinski definition) is 1. The van der Waals surface area contributed by atoms with E-state index in [4.69, 9.17) is 6.42 Å². The Morgan fingerprint density at radius 3 is 2.80 bits per heavy atom. The van der Waals surface area contributed by atoms with Crippen LogP contribution in [0.25, 0.3) is 0 Å². The Hall–Kier alpha value is -0.740. The van der Waals surface area contributed by atoms with Crippen LogP contribution in [-0.4, -0.2) is 24.5 Å². The molecular formula is C9H13N. The molecule has 1 heteroatoms. The van der Waals surface area contributed by atoms with Crippen LogP contribution < -0.4 is 0 Å². The Labute approximate surface area is 62.7 Å². The van der Waals surface area contributed by atoms with Crippen molar-refractivity contribution in [3.05, 3.63) is 12.2 Å². The third-order valence-corrected chi connectivity index (χ3v) is 1.69. The zero-order chi connectivity index (χ0) is 7.40. The van der Waals surface area contributed by atoms with Crippen molar-refractivity contribution < 1.29 is 0 Å². The summed E-state index contributed by atoms with van der Waals surface area (Å²) >= 11 is 0. The molecule has 1 fully saturated rings. The fraction of sp³-hybridized carbons (Fsp3) is 0.556. The minimum atomic E-state index is 0.906. The molecule has 0 radical (unpaired) electrons. The maximum atomic E-state index is 5.12. The lowest BCUT2D eigenvalue weighted by Gasteiger charge is -2.32. The molecule has 1 aliphatic rings. The Morgan fingerprint density at radius 2 is 2.30 bits per heavy atom. The summed E-state index contributed by atoms with van der Waals surface area (Å²) in [6, 6.07) is 0. The molecule has 0 spiro atoms. The third kappa shape index (κ3) is 1.89. The SMILES string of the molecule is C#CCCCN1CC(=C)C1. The number of unbranched alkanes of at least 4 members (excludes halogenated alkanes) is 1. The van der Waals surface area contributed by atoms with Gasteiger partial charge in [0.2, 0.25) is 0 Å².